The molecule has 0 aromatic heterocycles. The van der Waals surface area contributed by atoms with Crippen LogP contribution in [-0.4, -0.2) is 36.2 Å². The van der Waals surface area contributed by atoms with Gasteiger partial charge in [-0.05, 0) is 54.7 Å². The Hall–Kier alpha value is -1.85. The monoisotopic (exact) mass is 349 g/mol. The second-order valence-corrected chi connectivity index (χ2v) is 6.21. The van der Waals surface area contributed by atoms with Crippen molar-refractivity contribution < 1.29 is 4.39 Å². The van der Waals surface area contributed by atoms with Crippen LogP contribution in [0.25, 0.3) is 0 Å². The summed E-state index contributed by atoms with van der Waals surface area (Å²) < 4.78 is 13.0. The molecule has 1 aliphatic heterocycles. The lowest BCUT2D eigenvalue weighted by molar-refractivity contribution is 0.391. The van der Waals surface area contributed by atoms with E-state index in [1.54, 1.807) is 0 Å². The van der Waals surface area contributed by atoms with Gasteiger partial charge in [0.05, 0.1) is 0 Å². The molecule has 2 aromatic carbocycles. The topological polar surface area (TPSA) is 18.5 Å². The second kappa shape index (κ2) is 7.15. The predicted molar refractivity (Wildman–Crippen MR) is 97.9 cm³/mol. The van der Waals surface area contributed by atoms with E-state index in [-0.39, 0.29) is 5.82 Å². The van der Waals surface area contributed by atoms with E-state index in [1.165, 1.54) is 12.1 Å². The molecule has 2 aromatic rings. The minimum atomic E-state index is -0.209. The van der Waals surface area contributed by atoms with Crippen LogP contribution in [0.3, 0.4) is 0 Å². The molecular weight excluding hydrogens is 333 g/mol. The van der Waals surface area contributed by atoms with Gasteiger partial charge in [0.15, 0.2) is 5.11 Å². The number of hydrogen-bond donors (Lipinski definition) is 1. The standard InChI is InChI=1S/C17H17ClFN3S/c18-13-2-1-3-15(12-13)20-17(23)22-10-8-21(9-11-22)16-6-4-14(19)5-7-16/h1-7,12H,8-11H2,(H,20,23). The van der Waals surface area contributed by atoms with E-state index in [0.29, 0.717) is 10.1 Å². The number of anilines is 2. The zero-order chi connectivity index (χ0) is 16.2. The highest BCUT2D eigenvalue weighted by molar-refractivity contribution is 7.80. The number of nitrogens with one attached hydrogen (secondary N) is 1. The molecule has 0 bridgehead atoms. The predicted octanol–water partition coefficient (Wildman–Crippen LogP) is 4.00. The van der Waals surface area contributed by atoms with Gasteiger partial charge in [-0.15, -0.1) is 0 Å². The molecule has 1 fully saturated rings. The highest BCUT2D eigenvalue weighted by atomic mass is 35.5. The zero-order valence-electron chi connectivity index (χ0n) is 12.5. The van der Waals surface area contributed by atoms with Crippen molar-refractivity contribution in [1.29, 1.82) is 0 Å². The van der Waals surface area contributed by atoms with E-state index in [1.807, 2.05) is 36.4 Å². The molecule has 3 rings (SSSR count). The summed E-state index contributed by atoms with van der Waals surface area (Å²) >= 11 is 11.5. The summed E-state index contributed by atoms with van der Waals surface area (Å²) in [5, 5.41) is 4.60. The highest BCUT2D eigenvalue weighted by Crippen LogP contribution is 2.18. The van der Waals surface area contributed by atoms with Crippen LogP contribution in [0.1, 0.15) is 0 Å². The maximum absolute atomic E-state index is 13.0. The molecule has 1 heterocycles. The normalized spacial score (nSPS) is 14.7. The van der Waals surface area contributed by atoms with Crippen molar-refractivity contribution in [3.8, 4) is 0 Å². The van der Waals surface area contributed by atoms with Crippen molar-refractivity contribution in [3.63, 3.8) is 0 Å². The molecule has 0 atom stereocenters. The summed E-state index contributed by atoms with van der Waals surface area (Å²) in [4.78, 5) is 4.37. The number of rotatable bonds is 2. The SMILES string of the molecule is Fc1ccc(N2CCN(C(=S)Nc3cccc(Cl)c3)CC2)cc1. The largest absolute Gasteiger partial charge is 0.368 e. The molecule has 0 aliphatic carbocycles. The molecular formula is C17H17ClFN3S. The summed E-state index contributed by atoms with van der Waals surface area (Å²) in [6, 6.07) is 14.1. The first kappa shape index (κ1) is 16.0. The van der Waals surface area contributed by atoms with Gasteiger partial charge in [-0.3, -0.25) is 0 Å². The van der Waals surface area contributed by atoms with Crippen LogP contribution in [0.5, 0.6) is 0 Å². The fraction of sp³-hybridized carbons (Fsp3) is 0.235. The lowest BCUT2D eigenvalue weighted by atomic mass is 10.2. The Kier molecular flexibility index (Phi) is 4.98. The number of nitrogens with zero attached hydrogens (tertiary/aromatic N) is 2. The Balaban J connectivity index is 1.56. The van der Waals surface area contributed by atoms with Gasteiger partial charge in [-0.25, -0.2) is 4.39 Å². The summed E-state index contributed by atoms with van der Waals surface area (Å²) in [5.74, 6) is -0.209. The molecule has 3 nitrogen and oxygen atoms in total. The van der Waals surface area contributed by atoms with Crippen LogP contribution in [0.4, 0.5) is 15.8 Å². The van der Waals surface area contributed by atoms with E-state index < -0.39 is 0 Å². The lowest BCUT2D eigenvalue weighted by Crippen LogP contribution is -2.50. The zero-order valence-corrected chi connectivity index (χ0v) is 14.1. The van der Waals surface area contributed by atoms with Gasteiger partial charge in [0.2, 0.25) is 0 Å². The molecule has 120 valence electrons. The Labute approximate surface area is 145 Å². The number of piperazine rings is 1. The van der Waals surface area contributed by atoms with Gasteiger partial charge in [-0.2, -0.15) is 0 Å². The maximum atomic E-state index is 13.0. The van der Waals surface area contributed by atoms with Gasteiger partial charge >= 0.3 is 0 Å². The third-order valence-electron chi connectivity index (χ3n) is 3.83. The van der Waals surface area contributed by atoms with Crippen LogP contribution in [0, 0.1) is 5.82 Å². The molecule has 0 radical (unpaired) electrons. The molecule has 6 heteroatoms. The molecule has 0 unspecified atom stereocenters. The van der Waals surface area contributed by atoms with Crippen LogP contribution in [0.2, 0.25) is 5.02 Å². The van der Waals surface area contributed by atoms with E-state index in [4.69, 9.17) is 23.8 Å². The fourth-order valence-electron chi connectivity index (χ4n) is 2.59. The van der Waals surface area contributed by atoms with Crippen LogP contribution < -0.4 is 10.2 Å². The number of halogens is 2. The lowest BCUT2D eigenvalue weighted by Gasteiger charge is -2.37. The van der Waals surface area contributed by atoms with Gasteiger partial charge in [0.25, 0.3) is 0 Å². The highest BCUT2D eigenvalue weighted by Gasteiger charge is 2.19. The smallest absolute Gasteiger partial charge is 0.173 e. The van der Waals surface area contributed by atoms with Crippen molar-refractivity contribution in [2.75, 3.05) is 36.4 Å². The molecule has 1 N–H and O–H groups in total. The van der Waals surface area contributed by atoms with Gasteiger partial charge in [-0.1, -0.05) is 17.7 Å². The number of hydrogen-bond acceptors (Lipinski definition) is 2. The first-order valence-electron chi connectivity index (χ1n) is 7.44. The van der Waals surface area contributed by atoms with Crippen molar-refractivity contribution in [2.24, 2.45) is 0 Å². The van der Waals surface area contributed by atoms with E-state index >= 15 is 0 Å². The minimum Gasteiger partial charge on any atom is -0.368 e. The Morgan fingerprint density at radius 2 is 1.74 bits per heavy atom. The quantitative estimate of drug-likeness (QED) is 0.826. The first-order valence-corrected chi connectivity index (χ1v) is 8.22. The Morgan fingerprint density at radius 3 is 2.39 bits per heavy atom. The molecule has 0 saturated carbocycles. The van der Waals surface area contributed by atoms with Crippen molar-refractivity contribution >= 4 is 40.3 Å². The van der Waals surface area contributed by atoms with Gasteiger partial charge in [0.1, 0.15) is 5.82 Å². The van der Waals surface area contributed by atoms with Crippen LogP contribution >= 0.6 is 23.8 Å². The summed E-state index contributed by atoms with van der Waals surface area (Å²) in [6.45, 7) is 3.35. The summed E-state index contributed by atoms with van der Waals surface area (Å²) in [5.41, 5.74) is 1.93. The summed E-state index contributed by atoms with van der Waals surface area (Å²) in [7, 11) is 0. The molecule has 1 aliphatic rings. The Morgan fingerprint density at radius 1 is 1.04 bits per heavy atom. The van der Waals surface area contributed by atoms with E-state index in [9.17, 15) is 4.39 Å². The van der Waals surface area contributed by atoms with Gasteiger partial charge < -0.3 is 15.1 Å². The van der Waals surface area contributed by atoms with Crippen molar-refractivity contribution in [1.82, 2.24) is 4.90 Å². The number of thiocarbonyl (C=S) groups is 1. The van der Waals surface area contributed by atoms with Crippen LogP contribution in [-0.2, 0) is 0 Å². The summed E-state index contributed by atoms with van der Waals surface area (Å²) in [6.07, 6.45) is 0. The molecule has 0 amide bonds. The van der Waals surface area contributed by atoms with Crippen molar-refractivity contribution in [2.45, 2.75) is 0 Å². The molecule has 0 spiro atoms. The van der Waals surface area contributed by atoms with Crippen LogP contribution in [0.15, 0.2) is 48.5 Å². The maximum Gasteiger partial charge on any atom is 0.173 e. The fourth-order valence-corrected chi connectivity index (χ4v) is 3.08. The average Bonchev–Trinajstić information content (AvgIpc) is 2.56. The third-order valence-corrected chi connectivity index (χ3v) is 4.43. The number of benzene rings is 2. The average molecular weight is 350 g/mol. The second-order valence-electron chi connectivity index (χ2n) is 5.39. The molecule has 1 saturated heterocycles. The Bertz CT molecular complexity index is 684. The van der Waals surface area contributed by atoms with E-state index in [0.717, 1.165) is 37.6 Å². The van der Waals surface area contributed by atoms with E-state index in [2.05, 4.69) is 15.1 Å². The molecule has 23 heavy (non-hydrogen) atoms. The minimum absolute atomic E-state index is 0.209. The first-order chi connectivity index (χ1) is 11.1. The third kappa shape index (κ3) is 4.12. The van der Waals surface area contributed by atoms with Crippen molar-refractivity contribution in [3.05, 3.63) is 59.4 Å². The van der Waals surface area contributed by atoms with Gasteiger partial charge in [0, 0.05) is 42.6 Å².